The number of rotatable bonds is 1. The van der Waals surface area contributed by atoms with Crippen LogP contribution >= 0.6 is 11.8 Å². The van der Waals surface area contributed by atoms with Gasteiger partial charge in [-0.05, 0) is 31.9 Å². The summed E-state index contributed by atoms with van der Waals surface area (Å²) in [5, 5.41) is 9.94. The van der Waals surface area contributed by atoms with Crippen LogP contribution in [-0.2, 0) is 0 Å². The molecular weight excluding hydrogens is 132 g/mol. The second kappa shape index (κ2) is 3.47. The van der Waals surface area contributed by atoms with Crippen molar-refractivity contribution in [2.24, 2.45) is 0 Å². The van der Waals surface area contributed by atoms with Gasteiger partial charge in [0.1, 0.15) is 0 Å². The van der Waals surface area contributed by atoms with Gasteiger partial charge in [0.2, 0.25) is 0 Å². The lowest BCUT2D eigenvalue weighted by Gasteiger charge is -2.23. The zero-order valence-electron chi connectivity index (χ0n) is 5.84. The second-order valence-electron chi connectivity index (χ2n) is 2.67. The minimum atomic E-state index is 0.00778. The first-order valence-corrected chi connectivity index (χ1v) is 4.82. The lowest BCUT2D eigenvalue weighted by atomic mass is 9.97. The van der Waals surface area contributed by atoms with Crippen molar-refractivity contribution in [2.75, 3.05) is 6.26 Å². The van der Waals surface area contributed by atoms with Gasteiger partial charge in [-0.15, -0.1) is 0 Å². The first kappa shape index (κ1) is 7.42. The molecule has 0 aliphatic heterocycles. The van der Waals surface area contributed by atoms with E-state index in [0.29, 0.717) is 0 Å². The normalized spacial score (nSPS) is 36.7. The van der Waals surface area contributed by atoms with Gasteiger partial charge in [0.25, 0.3) is 0 Å². The Morgan fingerprint density at radius 3 is 2.22 bits per heavy atom. The fourth-order valence-electron chi connectivity index (χ4n) is 1.28. The molecule has 1 saturated carbocycles. The van der Waals surface area contributed by atoms with Crippen LogP contribution in [0.3, 0.4) is 0 Å². The van der Waals surface area contributed by atoms with Crippen LogP contribution in [0, 0.1) is 0 Å². The van der Waals surface area contributed by atoms with Gasteiger partial charge in [-0.25, -0.2) is 0 Å². The molecule has 0 radical (unpaired) electrons. The molecule has 9 heavy (non-hydrogen) atoms. The Kier molecular flexibility index (Phi) is 2.86. The van der Waals surface area contributed by atoms with Crippen molar-refractivity contribution in [3.63, 3.8) is 0 Å². The van der Waals surface area contributed by atoms with Crippen molar-refractivity contribution < 1.29 is 5.11 Å². The molecule has 0 unspecified atom stereocenters. The minimum absolute atomic E-state index is 0.00778. The van der Waals surface area contributed by atoms with Crippen LogP contribution in [0.4, 0.5) is 0 Å². The average molecular weight is 146 g/mol. The number of hydrogen-bond donors (Lipinski definition) is 1. The summed E-state index contributed by atoms with van der Waals surface area (Å²) in [6, 6.07) is 0. The van der Waals surface area contributed by atoms with Gasteiger partial charge in [-0.3, -0.25) is 0 Å². The maximum Gasteiger partial charge on any atom is 0.0541 e. The van der Waals surface area contributed by atoms with E-state index in [1.807, 2.05) is 11.8 Å². The highest BCUT2D eigenvalue weighted by atomic mass is 32.2. The molecular formula is C7H14OS. The monoisotopic (exact) mass is 146 g/mol. The Hall–Kier alpha value is 0.310. The van der Waals surface area contributed by atoms with E-state index in [2.05, 4.69) is 6.26 Å². The Balaban J connectivity index is 2.18. The molecule has 0 aromatic heterocycles. The van der Waals surface area contributed by atoms with E-state index < -0.39 is 0 Å². The van der Waals surface area contributed by atoms with Crippen LogP contribution in [0.5, 0.6) is 0 Å². The van der Waals surface area contributed by atoms with E-state index in [9.17, 15) is 0 Å². The third kappa shape index (κ3) is 2.18. The van der Waals surface area contributed by atoms with E-state index >= 15 is 0 Å². The van der Waals surface area contributed by atoms with Gasteiger partial charge in [0, 0.05) is 5.25 Å². The minimum Gasteiger partial charge on any atom is -0.393 e. The number of aliphatic hydroxyl groups excluding tert-OH is 1. The van der Waals surface area contributed by atoms with Crippen LogP contribution in [0.2, 0.25) is 0 Å². The standard InChI is InChI=1S/C7H14OS/c1-9-7-4-2-6(8)3-5-7/h6-8H,2-5H2,1H3. The molecule has 0 spiro atoms. The molecule has 0 bridgehead atoms. The Morgan fingerprint density at radius 2 is 1.78 bits per heavy atom. The van der Waals surface area contributed by atoms with Crippen LogP contribution in [-0.4, -0.2) is 22.7 Å². The van der Waals surface area contributed by atoms with Gasteiger partial charge in [-0.2, -0.15) is 11.8 Å². The SMILES string of the molecule is CSC1CCC(O)CC1. The molecule has 1 N–H and O–H groups in total. The number of thioether (sulfide) groups is 1. The van der Waals surface area contributed by atoms with Crippen LogP contribution in [0.25, 0.3) is 0 Å². The summed E-state index contributed by atoms with van der Waals surface area (Å²) in [5.74, 6) is 0. The number of hydrogen-bond acceptors (Lipinski definition) is 2. The summed E-state index contributed by atoms with van der Waals surface area (Å²) in [6.45, 7) is 0. The van der Waals surface area contributed by atoms with Crippen molar-refractivity contribution in [1.82, 2.24) is 0 Å². The average Bonchev–Trinajstić information content (AvgIpc) is 1.90. The molecule has 1 aliphatic carbocycles. The van der Waals surface area contributed by atoms with Gasteiger partial charge in [0.05, 0.1) is 6.10 Å². The second-order valence-corrected chi connectivity index (χ2v) is 3.80. The molecule has 0 saturated heterocycles. The van der Waals surface area contributed by atoms with Gasteiger partial charge < -0.3 is 5.11 Å². The molecule has 0 atom stereocenters. The van der Waals surface area contributed by atoms with Crippen LogP contribution in [0.1, 0.15) is 25.7 Å². The predicted octanol–water partition coefficient (Wildman–Crippen LogP) is 1.65. The summed E-state index contributed by atoms with van der Waals surface area (Å²) in [7, 11) is 0. The van der Waals surface area contributed by atoms with Crippen molar-refractivity contribution in [3.8, 4) is 0 Å². The Labute approximate surface area is 60.8 Å². The Morgan fingerprint density at radius 1 is 1.22 bits per heavy atom. The van der Waals surface area contributed by atoms with E-state index in [1.54, 1.807) is 0 Å². The van der Waals surface area contributed by atoms with Crippen molar-refractivity contribution in [2.45, 2.75) is 37.0 Å². The number of aliphatic hydroxyl groups is 1. The Bertz CT molecular complexity index is 77.0. The highest BCUT2D eigenvalue weighted by molar-refractivity contribution is 7.99. The van der Waals surface area contributed by atoms with Gasteiger partial charge in [0.15, 0.2) is 0 Å². The molecule has 1 fully saturated rings. The third-order valence-electron chi connectivity index (χ3n) is 1.98. The van der Waals surface area contributed by atoms with Crippen LogP contribution in [0.15, 0.2) is 0 Å². The van der Waals surface area contributed by atoms with E-state index in [1.165, 1.54) is 12.8 Å². The molecule has 54 valence electrons. The molecule has 0 amide bonds. The molecule has 2 heteroatoms. The fourth-order valence-corrected chi connectivity index (χ4v) is 2.02. The molecule has 1 rings (SSSR count). The zero-order chi connectivity index (χ0) is 6.69. The highest BCUT2D eigenvalue weighted by Gasteiger charge is 2.17. The lowest BCUT2D eigenvalue weighted by molar-refractivity contribution is 0.132. The maximum absolute atomic E-state index is 9.11. The summed E-state index contributed by atoms with van der Waals surface area (Å²) >= 11 is 1.94. The summed E-state index contributed by atoms with van der Waals surface area (Å²) < 4.78 is 0. The zero-order valence-corrected chi connectivity index (χ0v) is 6.66. The van der Waals surface area contributed by atoms with Crippen molar-refractivity contribution in [3.05, 3.63) is 0 Å². The predicted molar refractivity (Wildman–Crippen MR) is 41.8 cm³/mol. The smallest absolute Gasteiger partial charge is 0.0541 e. The highest BCUT2D eigenvalue weighted by Crippen LogP contribution is 2.26. The molecule has 0 aromatic carbocycles. The fraction of sp³-hybridized carbons (Fsp3) is 1.00. The van der Waals surface area contributed by atoms with E-state index in [-0.39, 0.29) is 6.10 Å². The quantitative estimate of drug-likeness (QED) is 0.607. The van der Waals surface area contributed by atoms with Gasteiger partial charge >= 0.3 is 0 Å². The lowest BCUT2D eigenvalue weighted by Crippen LogP contribution is -2.19. The maximum atomic E-state index is 9.11. The summed E-state index contributed by atoms with van der Waals surface area (Å²) in [4.78, 5) is 0. The summed E-state index contributed by atoms with van der Waals surface area (Å²) in [6.07, 6.45) is 6.62. The van der Waals surface area contributed by atoms with Crippen molar-refractivity contribution in [1.29, 1.82) is 0 Å². The molecule has 0 heterocycles. The topological polar surface area (TPSA) is 20.2 Å². The van der Waals surface area contributed by atoms with E-state index in [4.69, 9.17) is 5.11 Å². The molecule has 0 aromatic rings. The first-order chi connectivity index (χ1) is 4.33. The van der Waals surface area contributed by atoms with Crippen LogP contribution < -0.4 is 0 Å². The summed E-state index contributed by atoms with van der Waals surface area (Å²) in [5.41, 5.74) is 0. The molecule has 1 nitrogen and oxygen atoms in total. The first-order valence-electron chi connectivity index (χ1n) is 3.54. The molecule has 1 aliphatic rings. The largest absolute Gasteiger partial charge is 0.393 e. The van der Waals surface area contributed by atoms with E-state index in [0.717, 1.165) is 18.1 Å². The van der Waals surface area contributed by atoms with Gasteiger partial charge in [-0.1, -0.05) is 0 Å². The third-order valence-corrected chi connectivity index (χ3v) is 3.12. The van der Waals surface area contributed by atoms with Crippen molar-refractivity contribution >= 4 is 11.8 Å².